The van der Waals surface area contributed by atoms with Crippen LogP contribution in [0.25, 0.3) is 0 Å². The minimum absolute atomic E-state index is 0.214. The van der Waals surface area contributed by atoms with E-state index < -0.39 is 11.9 Å². The number of nitrogens with one attached hydrogen (secondary N) is 2. The number of amides is 3. The van der Waals surface area contributed by atoms with Crippen LogP contribution in [0.2, 0.25) is 0 Å². The molecule has 162 valence electrons. The molecule has 0 aliphatic carbocycles. The van der Waals surface area contributed by atoms with Gasteiger partial charge in [-0.2, -0.15) is 0 Å². The monoisotopic (exact) mass is 414 g/mol. The zero-order valence-corrected chi connectivity index (χ0v) is 17.5. The first-order valence-corrected chi connectivity index (χ1v) is 10.8. The Morgan fingerprint density at radius 3 is 2.53 bits per heavy atom. The average Bonchev–Trinajstić information content (AvgIpc) is 2.77. The molecule has 3 heterocycles. The van der Waals surface area contributed by atoms with Crippen molar-refractivity contribution in [2.45, 2.75) is 44.6 Å². The first-order valence-electron chi connectivity index (χ1n) is 10.8. The fourth-order valence-electron chi connectivity index (χ4n) is 5.02. The zero-order chi connectivity index (χ0) is 21.1. The Labute approximate surface area is 176 Å². The van der Waals surface area contributed by atoms with E-state index in [4.69, 9.17) is 4.74 Å². The fraction of sp³-hybridized carbons (Fsp3) is 0.591. The summed E-state index contributed by atoms with van der Waals surface area (Å²) in [7, 11) is 1.57. The third kappa shape index (κ3) is 4.01. The molecule has 1 aromatic carbocycles. The molecule has 0 radical (unpaired) electrons. The Morgan fingerprint density at radius 1 is 1.17 bits per heavy atom. The van der Waals surface area contributed by atoms with Gasteiger partial charge in [0.05, 0.1) is 12.8 Å². The van der Waals surface area contributed by atoms with Gasteiger partial charge in [-0.15, -0.1) is 0 Å². The first kappa shape index (κ1) is 20.7. The van der Waals surface area contributed by atoms with Gasteiger partial charge in [0.2, 0.25) is 18.2 Å². The number of imide groups is 1. The van der Waals surface area contributed by atoms with Crippen LogP contribution in [0.3, 0.4) is 0 Å². The molecule has 2 N–H and O–H groups in total. The standard InChI is InChI=1S/C22H30N4O4/c1-30-19-14-16(25-12-8-22(9-13-25)6-10-23-11-7-22)2-3-17(19)26(15-27)18-4-5-20(28)24-21(18)29/h2-3,14-15,18,23H,4-13H2,1H3,(H,24,28,29). The lowest BCUT2D eigenvalue weighted by molar-refractivity contribution is -0.134. The van der Waals surface area contributed by atoms with E-state index in [1.54, 1.807) is 7.11 Å². The van der Waals surface area contributed by atoms with Gasteiger partial charge < -0.3 is 15.0 Å². The van der Waals surface area contributed by atoms with Gasteiger partial charge in [-0.3, -0.25) is 24.6 Å². The second kappa shape index (κ2) is 8.63. The number of piperidine rings is 3. The maximum atomic E-state index is 12.3. The number of carbonyl (C=O) groups excluding carboxylic acids is 3. The zero-order valence-electron chi connectivity index (χ0n) is 17.5. The van der Waals surface area contributed by atoms with Crippen LogP contribution in [0, 0.1) is 5.41 Å². The lowest BCUT2D eigenvalue weighted by Gasteiger charge is -2.45. The minimum atomic E-state index is -0.713. The van der Waals surface area contributed by atoms with Crippen LogP contribution in [-0.4, -0.2) is 57.6 Å². The lowest BCUT2D eigenvalue weighted by atomic mass is 9.71. The summed E-state index contributed by atoms with van der Waals surface area (Å²) in [6.07, 6.45) is 6.04. The Bertz CT molecular complexity index is 811. The highest BCUT2D eigenvalue weighted by Crippen LogP contribution is 2.42. The van der Waals surface area contributed by atoms with E-state index in [0.29, 0.717) is 29.7 Å². The summed E-state index contributed by atoms with van der Waals surface area (Å²) in [5.74, 6) is -0.208. The number of benzene rings is 1. The molecular formula is C22H30N4O4. The number of methoxy groups -OCH3 is 1. The molecule has 3 saturated heterocycles. The molecule has 8 heteroatoms. The van der Waals surface area contributed by atoms with E-state index >= 15 is 0 Å². The topological polar surface area (TPSA) is 91.0 Å². The summed E-state index contributed by atoms with van der Waals surface area (Å²) in [5, 5.41) is 5.77. The van der Waals surface area contributed by atoms with Crippen molar-refractivity contribution in [2.24, 2.45) is 5.41 Å². The van der Waals surface area contributed by atoms with Gasteiger partial charge in [0.15, 0.2) is 0 Å². The van der Waals surface area contributed by atoms with Crippen LogP contribution in [0.1, 0.15) is 38.5 Å². The van der Waals surface area contributed by atoms with E-state index in [0.717, 1.165) is 31.9 Å². The number of hydrogen-bond acceptors (Lipinski definition) is 6. The summed E-state index contributed by atoms with van der Waals surface area (Å²) in [6.45, 7) is 4.24. The molecule has 1 aromatic rings. The van der Waals surface area contributed by atoms with Gasteiger partial charge in [-0.25, -0.2) is 0 Å². The highest BCUT2D eigenvalue weighted by Gasteiger charge is 2.36. The van der Waals surface area contributed by atoms with E-state index in [1.165, 1.54) is 30.6 Å². The maximum absolute atomic E-state index is 12.3. The third-order valence-electron chi connectivity index (χ3n) is 6.95. The quantitative estimate of drug-likeness (QED) is 0.560. The van der Waals surface area contributed by atoms with Gasteiger partial charge in [-0.1, -0.05) is 0 Å². The van der Waals surface area contributed by atoms with E-state index in [1.807, 2.05) is 18.2 Å². The number of hydrogen-bond donors (Lipinski definition) is 2. The molecule has 8 nitrogen and oxygen atoms in total. The van der Waals surface area contributed by atoms with Gasteiger partial charge in [0.1, 0.15) is 11.8 Å². The number of ether oxygens (including phenoxy) is 1. The van der Waals surface area contributed by atoms with Crippen molar-refractivity contribution in [3.63, 3.8) is 0 Å². The summed E-state index contributed by atoms with van der Waals surface area (Å²) in [5.41, 5.74) is 2.08. The Hall–Kier alpha value is -2.61. The molecule has 0 bridgehead atoms. The third-order valence-corrected chi connectivity index (χ3v) is 6.95. The molecule has 3 aliphatic heterocycles. The van der Waals surface area contributed by atoms with E-state index in [-0.39, 0.29) is 12.3 Å². The van der Waals surface area contributed by atoms with Crippen LogP contribution >= 0.6 is 0 Å². The van der Waals surface area contributed by atoms with Crippen molar-refractivity contribution in [3.8, 4) is 5.75 Å². The smallest absolute Gasteiger partial charge is 0.249 e. The summed E-state index contributed by atoms with van der Waals surface area (Å²) in [6, 6.07) is 5.05. The minimum Gasteiger partial charge on any atom is -0.494 e. The largest absolute Gasteiger partial charge is 0.494 e. The normalized spacial score (nSPS) is 23.8. The van der Waals surface area contributed by atoms with E-state index in [2.05, 4.69) is 15.5 Å². The van der Waals surface area contributed by atoms with E-state index in [9.17, 15) is 14.4 Å². The van der Waals surface area contributed by atoms with Crippen LogP contribution in [0.4, 0.5) is 11.4 Å². The molecule has 30 heavy (non-hydrogen) atoms. The van der Waals surface area contributed by atoms with Crippen LogP contribution in [0.5, 0.6) is 5.75 Å². The average molecular weight is 415 g/mol. The predicted molar refractivity (Wildman–Crippen MR) is 114 cm³/mol. The fourth-order valence-corrected chi connectivity index (χ4v) is 5.02. The lowest BCUT2D eigenvalue weighted by Crippen LogP contribution is -2.52. The van der Waals surface area contributed by atoms with Crippen molar-refractivity contribution >= 4 is 29.6 Å². The van der Waals surface area contributed by atoms with Gasteiger partial charge in [0, 0.05) is 31.3 Å². The highest BCUT2D eigenvalue weighted by atomic mass is 16.5. The van der Waals surface area contributed by atoms with Gasteiger partial charge in [-0.05, 0) is 62.7 Å². The summed E-state index contributed by atoms with van der Waals surface area (Å²) >= 11 is 0. The van der Waals surface area contributed by atoms with Crippen molar-refractivity contribution in [2.75, 3.05) is 43.1 Å². The van der Waals surface area contributed by atoms with Crippen molar-refractivity contribution in [3.05, 3.63) is 18.2 Å². The van der Waals surface area contributed by atoms with Crippen molar-refractivity contribution < 1.29 is 19.1 Å². The molecule has 1 spiro atoms. The Balaban J connectivity index is 1.51. The highest BCUT2D eigenvalue weighted by molar-refractivity contribution is 6.04. The van der Waals surface area contributed by atoms with Crippen LogP contribution in [0.15, 0.2) is 18.2 Å². The second-order valence-corrected chi connectivity index (χ2v) is 8.57. The SMILES string of the molecule is COc1cc(N2CCC3(CCNCC3)CC2)ccc1N(C=O)C1CCC(=O)NC1=O. The molecule has 0 saturated carbocycles. The molecule has 1 unspecified atom stereocenters. The maximum Gasteiger partial charge on any atom is 0.249 e. The first-order chi connectivity index (χ1) is 14.5. The predicted octanol–water partition coefficient (Wildman–Crippen LogP) is 1.43. The second-order valence-electron chi connectivity index (χ2n) is 8.57. The molecule has 3 aliphatic rings. The van der Waals surface area contributed by atoms with Gasteiger partial charge in [0.25, 0.3) is 0 Å². The number of anilines is 2. The van der Waals surface area contributed by atoms with Gasteiger partial charge >= 0.3 is 0 Å². The summed E-state index contributed by atoms with van der Waals surface area (Å²) < 4.78 is 5.58. The number of carbonyl (C=O) groups is 3. The summed E-state index contributed by atoms with van der Waals surface area (Å²) in [4.78, 5) is 39.3. The number of rotatable bonds is 5. The van der Waals surface area contributed by atoms with Crippen LogP contribution < -0.4 is 25.2 Å². The molecule has 1 atom stereocenters. The molecule has 3 fully saturated rings. The van der Waals surface area contributed by atoms with Crippen LogP contribution in [-0.2, 0) is 14.4 Å². The van der Waals surface area contributed by atoms with Crippen molar-refractivity contribution in [1.29, 1.82) is 0 Å². The molecular weight excluding hydrogens is 384 g/mol. The molecule has 0 aromatic heterocycles. The molecule has 3 amide bonds. The Kier molecular flexibility index (Phi) is 5.94. The molecule has 4 rings (SSSR count). The van der Waals surface area contributed by atoms with Crippen molar-refractivity contribution in [1.82, 2.24) is 10.6 Å². The number of nitrogens with zero attached hydrogens (tertiary/aromatic N) is 2. The Morgan fingerprint density at radius 2 is 1.90 bits per heavy atom.